The van der Waals surface area contributed by atoms with E-state index in [1.54, 1.807) is 0 Å². The number of hydrogen-bond donors (Lipinski definition) is 0. The predicted octanol–water partition coefficient (Wildman–Crippen LogP) is 2.77. The monoisotopic (exact) mass is 296 g/mol. The average Bonchev–Trinajstić information content (AvgIpc) is 3.46. The third-order valence-corrected chi connectivity index (χ3v) is 4.07. The minimum absolute atomic E-state index is 0.0193. The highest BCUT2D eigenvalue weighted by Gasteiger charge is 2.40. The van der Waals surface area contributed by atoms with Gasteiger partial charge in [0.15, 0.2) is 0 Å². The summed E-state index contributed by atoms with van der Waals surface area (Å²) in [4.78, 5) is 7.54. The molecule has 2 fully saturated rings. The third-order valence-electron chi connectivity index (χ3n) is 4.07. The van der Waals surface area contributed by atoms with E-state index in [0.717, 1.165) is 24.8 Å². The molecule has 2 aromatic rings. The van der Waals surface area contributed by atoms with E-state index in [4.69, 9.17) is 2.74 Å². The summed E-state index contributed by atoms with van der Waals surface area (Å²) in [7, 11) is 0. The second-order valence-corrected chi connectivity index (χ2v) is 5.83. The van der Waals surface area contributed by atoms with Gasteiger partial charge < -0.3 is 0 Å². The lowest BCUT2D eigenvalue weighted by Gasteiger charge is -2.05. The second kappa shape index (κ2) is 5.45. The predicted molar refractivity (Wildman–Crippen MR) is 79.5 cm³/mol. The maximum Gasteiger partial charge on any atom is 0.139 e. The molecule has 0 aromatic carbocycles. The molecule has 0 saturated heterocycles. The van der Waals surface area contributed by atoms with Crippen molar-refractivity contribution in [1.82, 2.24) is 20.2 Å². The smallest absolute Gasteiger partial charge is 0.139 e. The molecule has 2 heterocycles. The molecule has 5 heteroatoms. The molecule has 2 atom stereocenters. The maximum atomic E-state index is 13.0. The Labute approximate surface area is 131 Å². The molecule has 4 nitrogen and oxygen atoms in total. The van der Waals surface area contributed by atoms with Crippen LogP contribution in [0.5, 0.6) is 0 Å². The van der Waals surface area contributed by atoms with E-state index in [0.29, 0.717) is 22.9 Å². The number of halogens is 1. The Bertz CT molecular complexity index is 857. The lowest BCUT2D eigenvalue weighted by molar-refractivity contribution is 0.452. The first-order valence-corrected chi connectivity index (χ1v) is 7.41. The lowest BCUT2D eigenvalue weighted by Crippen LogP contribution is -1.99. The highest BCUT2D eigenvalue weighted by Crippen LogP contribution is 2.48. The van der Waals surface area contributed by atoms with Crippen LogP contribution in [0, 0.1) is 23.7 Å². The van der Waals surface area contributed by atoms with Crippen molar-refractivity contribution in [2.24, 2.45) is 11.8 Å². The van der Waals surface area contributed by atoms with Gasteiger partial charge in [-0.25, -0.2) is 9.97 Å². The summed E-state index contributed by atoms with van der Waals surface area (Å²) in [5, 5.41) is 8.37. The third kappa shape index (κ3) is 2.69. The van der Waals surface area contributed by atoms with Crippen molar-refractivity contribution < 1.29 is 7.13 Å². The van der Waals surface area contributed by atoms with Gasteiger partial charge in [0.25, 0.3) is 0 Å². The van der Waals surface area contributed by atoms with Crippen LogP contribution in [0.25, 0.3) is 11.3 Å². The molecule has 4 rings (SSSR count). The van der Waals surface area contributed by atoms with Crippen molar-refractivity contribution >= 4 is 0 Å². The van der Waals surface area contributed by atoms with Crippen LogP contribution in [0.1, 0.15) is 39.2 Å². The summed E-state index contributed by atoms with van der Waals surface area (Å²) in [6.45, 7) is -0.349. The first-order valence-electron chi connectivity index (χ1n) is 8.41. The van der Waals surface area contributed by atoms with E-state index < -0.39 is 0 Å². The molecular weight excluding hydrogens is 279 g/mol. The highest BCUT2D eigenvalue weighted by molar-refractivity contribution is 5.59. The summed E-state index contributed by atoms with van der Waals surface area (Å²) < 4.78 is 28.2. The fourth-order valence-electron chi connectivity index (χ4n) is 2.47. The number of aromatic nitrogens is 4. The molecule has 0 amide bonds. The van der Waals surface area contributed by atoms with E-state index in [-0.39, 0.29) is 31.0 Å². The summed E-state index contributed by atoms with van der Waals surface area (Å²) in [6.07, 6.45) is 4.18. The van der Waals surface area contributed by atoms with Gasteiger partial charge in [0.2, 0.25) is 0 Å². The van der Waals surface area contributed by atoms with Crippen molar-refractivity contribution in [1.29, 1.82) is 0 Å². The Kier molecular flexibility index (Phi) is 2.79. The Morgan fingerprint density at radius 3 is 2.95 bits per heavy atom. The molecule has 110 valence electrons. The normalized spacial score (nSPS) is 24.0. The first-order chi connectivity index (χ1) is 11.7. The van der Waals surface area contributed by atoms with E-state index in [1.807, 2.05) is 6.07 Å². The van der Waals surface area contributed by atoms with Crippen LogP contribution in [0.2, 0.25) is 0 Å². The molecule has 0 aliphatic heterocycles. The fourth-order valence-corrected chi connectivity index (χ4v) is 2.47. The van der Waals surface area contributed by atoms with Gasteiger partial charge in [-0.3, -0.25) is 4.39 Å². The number of nitrogens with zero attached hydrogens (tertiary/aromatic N) is 4. The van der Waals surface area contributed by atoms with Crippen LogP contribution in [0.4, 0.5) is 4.39 Å². The van der Waals surface area contributed by atoms with Gasteiger partial charge in [-0.2, -0.15) is 0 Å². The van der Waals surface area contributed by atoms with Crippen LogP contribution in [-0.2, 0) is 0 Å². The molecule has 2 aliphatic carbocycles. The summed E-state index contributed by atoms with van der Waals surface area (Å²) in [6, 6.07) is 1.82. The summed E-state index contributed by atoms with van der Waals surface area (Å²) in [5.41, 5.74) is 2.39. The largest absolute Gasteiger partial charge is 0.251 e. The van der Waals surface area contributed by atoms with Crippen LogP contribution in [-0.4, -0.2) is 26.8 Å². The van der Waals surface area contributed by atoms with E-state index in [1.165, 1.54) is 6.20 Å². The molecule has 2 aliphatic rings. The Morgan fingerprint density at radius 2 is 2.23 bits per heavy atom. The molecule has 0 bridgehead atoms. The SMILES string of the molecule is [2H]c1ncc(-c2cc([C@H]3C[C@@H]3CF)c(C#CC3CC3)nn2)c([2H])n1. The van der Waals surface area contributed by atoms with Gasteiger partial charge in [-0.05, 0) is 48.6 Å². The zero-order chi connectivity index (χ0) is 16.7. The van der Waals surface area contributed by atoms with E-state index in [2.05, 4.69) is 32.0 Å². The van der Waals surface area contributed by atoms with Gasteiger partial charge in [0, 0.05) is 23.9 Å². The van der Waals surface area contributed by atoms with Crippen molar-refractivity contribution in [3.63, 3.8) is 0 Å². The summed E-state index contributed by atoms with van der Waals surface area (Å²) in [5.74, 6) is 6.84. The van der Waals surface area contributed by atoms with Crippen LogP contribution >= 0.6 is 0 Å². The van der Waals surface area contributed by atoms with Crippen LogP contribution in [0.15, 0.2) is 24.7 Å². The average molecular weight is 296 g/mol. The van der Waals surface area contributed by atoms with Crippen molar-refractivity contribution in [3.05, 3.63) is 36.0 Å². The fraction of sp³-hybridized carbons (Fsp3) is 0.412. The van der Waals surface area contributed by atoms with E-state index in [9.17, 15) is 4.39 Å². The van der Waals surface area contributed by atoms with Crippen molar-refractivity contribution in [2.45, 2.75) is 25.2 Å². The first kappa shape index (κ1) is 11.2. The zero-order valence-corrected chi connectivity index (χ0v) is 11.9. The van der Waals surface area contributed by atoms with E-state index >= 15 is 0 Å². The van der Waals surface area contributed by atoms with Crippen molar-refractivity contribution in [2.75, 3.05) is 6.67 Å². The second-order valence-electron chi connectivity index (χ2n) is 5.83. The molecule has 0 spiro atoms. The minimum atomic E-state index is -0.349. The molecule has 2 aromatic heterocycles. The maximum absolute atomic E-state index is 13.0. The Hall–Kier alpha value is -2.35. The van der Waals surface area contributed by atoms with Gasteiger partial charge in [-0.1, -0.05) is 5.92 Å². The molecule has 0 unspecified atom stereocenters. The number of rotatable bonds is 3. The molecule has 0 radical (unpaired) electrons. The van der Waals surface area contributed by atoms with Crippen LogP contribution in [0.3, 0.4) is 0 Å². The van der Waals surface area contributed by atoms with Crippen LogP contribution < -0.4 is 0 Å². The topological polar surface area (TPSA) is 51.6 Å². The Balaban J connectivity index is 1.74. The number of hydrogen-bond acceptors (Lipinski definition) is 4. The van der Waals surface area contributed by atoms with Crippen molar-refractivity contribution in [3.8, 4) is 23.1 Å². The van der Waals surface area contributed by atoms with Gasteiger partial charge in [0.1, 0.15) is 13.4 Å². The van der Waals surface area contributed by atoms with Gasteiger partial charge >= 0.3 is 0 Å². The molecule has 2 saturated carbocycles. The highest BCUT2D eigenvalue weighted by atomic mass is 19.1. The lowest BCUT2D eigenvalue weighted by atomic mass is 10.1. The molecule has 0 N–H and O–H groups in total. The summed E-state index contributed by atoms with van der Waals surface area (Å²) >= 11 is 0. The van der Waals surface area contributed by atoms with Gasteiger partial charge in [-0.15, -0.1) is 10.2 Å². The molecular formula is C17H15FN4. The van der Waals surface area contributed by atoms with Gasteiger partial charge in [0.05, 0.1) is 13.7 Å². The standard InChI is InChI=1S/C17H15FN4/c18-7-12-5-14(12)15-6-17(13-8-19-10-20-9-13)22-21-16(15)4-3-11-1-2-11/h6,8-12,14H,1-2,5,7H2/t12-,14+/m1/s1/i8D,10D. The minimum Gasteiger partial charge on any atom is -0.251 e. The quantitative estimate of drug-likeness (QED) is 0.817. The Morgan fingerprint density at radius 1 is 1.32 bits per heavy atom. The zero-order valence-electron chi connectivity index (χ0n) is 13.9. The molecule has 22 heavy (non-hydrogen) atoms. The number of alkyl halides is 1.